The van der Waals surface area contributed by atoms with Crippen molar-refractivity contribution in [3.8, 4) is 11.3 Å². The molecule has 0 spiro atoms. The van der Waals surface area contributed by atoms with Crippen LogP contribution in [0.4, 0.5) is 5.82 Å². The van der Waals surface area contributed by atoms with Crippen molar-refractivity contribution in [3.05, 3.63) is 88.2 Å². The highest BCUT2D eigenvalue weighted by molar-refractivity contribution is 6.42. The Morgan fingerprint density at radius 3 is 2.64 bits per heavy atom. The van der Waals surface area contributed by atoms with Crippen molar-refractivity contribution >= 4 is 34.9 Å². The van der Waals surface area contributed by atoms with Crippen LogP contribution in [0.15, 0.2) is 71.4 Å². The Morgan fingerprint density at radius 1 is 1.04 bits per heavy atom. The van der Waals surface area contributed by atoms with Gasteiger partial charge in [0.25, 0.3) is 5.91 Å². The molecule has 0 radical (unpaired) electrons. The van der Waals surface area contributed by atoms with Crippen LogP contribution in [0.2, 0.25) is 10.0 Å². The minimum absolute atomic E-state index is 0.179. The summed E-state index contributed by atoms with van der Waals surface area (Å²) in [4.78, 5) is 12.4. The van der Waals surface area contributed by atoms with E-state index in [2.05, 4.69) is 15.6 Å². The zero-order valence-corrected chi connectivity index (χ0v) is 16.0. The number of nitrogens with zero attached hydrogens (tertiary/aromatic N) is 3. The molecule has 1 N–H and O–H groups in total. The van der Waals surface area contributed by atoms with Crippen LogP contribution in [0.25, 0.3) is 11.3 Å². The standard InChI is InChI=1S/C20H14Cl2N4O2/c21-15-7-6-13(10-16(15)22)12-26-9-8-19(24-26)23-20(27)17-11-18(28-25-17)14-4-2-1-3-5-14/h1-11H,12H2,(H,23,24,27). The number of halogens is 2. The summed E-state index contributed by atoms with van der Waals surface area (Å²) >= 11 is 12.0. The van der Waals surface area contributed by atoms with E-state index in [1.54, 1.807) is 35.1 Å². The number of carbonyl (C=O) groups is 1. The molecule has 0 aliphatic rings. The Morgan fingerprint density at radius 2 is 1.86 bits per heavy atom. The summed E-state index contributed by atoms with van der Waals surface area (Å²) in [6, 6.07) is 18.1. The third-order valence-corrected chi connectivity index (χ3v) is 4.75. The van der Waals surface area contributed by atoms with E-state index in [9.17, 15) is 4.79 Å². The summed E-state index contributed by atoms with van der Waals surface area (Å²) < 4.78 is 6.94. The molecule has 1 amide bonds. The van der Waals surface area contributed by atoms with Gasteiger partial charge in [0.2, 0.25) is 0 Å². The van der Waals surface area contributed by atoms with Gasteiger partial charge in [0.15, 0.2) is 17.3 Å². The third-order valence-electron chi connectivity index (χ3n) is 4.01. The monoisotopic (exact) mass is 412 g/mol. The number of carbonyl (C=O) groups excluding carboxylic acids is 1. The minimum Gasteiger partial charge on any atom is -0.355 e. The largest absolute Gasteiger partial charge is 0.355 e. The molecule has 4 aromatic rings. The van der Waals surface area contributed by atoms with E-state index in [-0.39, 0.29) is 5.69 Å². The highest BCUT2D eigenvalue weighted by Crippen LogP contribution is 2.23. The highest BCUT2D eigenvalue weighted by Gasteiger charge is 2.15. The maximum absolute atomic E-state index is 12.4. The third kappa shape index (κ3) is 4.08. The molecular formula is C20H14Cl2N4O2. The van der Waals surface area contributed by atoms with Gasteiger partial charge in [-0.2, -0.15) is 5.10 Å². The van der Waals surface area contributed by atoms with Gasteiger partial charge in [-0.1, -0.05) is 64.8 Å². The molecule has 28 heavy (non-hydrogen) atoms. The van der Waals surface area contributed by atoms with Gasteiger partial charge in [-0.25, -0.2) is 0 Å². The van der Waals surface area contributed by atoms with Crippen LogP contribution >= 0.6 is 23.2 Å². The molecule has 0 aliphatic carbocycles. The average Bonchev–Trinajstić information content (AvgIpc) is 3.35. The Hall–Kier alpha value is -3.09. The fraction of sp³-hybridized carbons (Fsp3) is 0.0500. The number of anilines is 1. The molecular weight excluding hydrogens is 399 g/mol. The predicted octanol–water partition coefficient (Wildman–Crippen LogP) is 5.15. The smallest absolute Gasteiger partial charge is 0.279 e. The van der Waals surface area contributed by atoms with Gasteiger partial charge in [-0.15, -0.1) is 0 Å². The van der Waals surface area contributed by atoms with Gasteiger partial charge in [0.1, 0.15) is 0 Å². The maximum Gasteiger partial charge on any atom is 0.279 e. The first-order valence-corrected chi connectivity index (χ1v) is 9.15. The molecule has 2 heterocycles. The van der Waals surface area contributed by atoms with E-state index in [1.807, 2.05) is 36.4 Å². The van der Waals surface area contributed by atoms with E-state index in [0.717, 1.165) is 11.1 Å². The first-order valence-electron chi connectivity index (χ1n) is 8.39. The number of rotatable bonds is 5. The Labute approximate surface area is 170 Å². The van der Waals surface area contributed by atoms with Crippen molar-refractivity contribution in [2.45, 2.75) is 6.54 Å². The Bertz CT molecular complexity index is 1120. The lowest BCUT2D eigenvalue weighted by Gasteiger charge is -2.04. The Kier molecular flexibility index (Phi) is 5.14. The number of hydrogen-bond donors (Lipinski definition) is 1. The molecule has 0 aliphatic heterocycles. The van der Waals surface area contributed by atoms with E-state index >= 15 is 0 Å². The van der Waals surface area contributed by atoms with Crippen molar-refractivity contribution in [3.63, 3.8) is 0 Å². The zero-order valence-electron chi connectivity index (χ0n) is 14.5. The first-order chi connectivity index (χ1) is 13.6. The second kappa shape index (κ2) is 7.88. The molecule has 0 unspecified atom stereocenters. The molecule has 0 saturated carbocycles. The summed E-state index contributed by atoms with van der Waals surface area (Å²) in [6.07, 6.45) is 1.76. The maximum atomic E-state index is 12.4. The van der Waals surface area contributed by atoms with E-state index in [0.29, 0.717) is 28.2 Å². The number of nitrogens with one attached hydrogen (secondary N) is 1. The number of benzene rings is 2. The summed E-state index contributed by atoms with van der Waals surface area (Å²) in [5.41, 5.74) is 1.97. The van der Waals surface area contributed by atoms with Crippen LogP contribution in [0, 0.1) is 0 Å². The zero-order chi connectivity index (χ0) is 19.5. The second-order valence-corrected chi connectivity index (χ2v) is 6.86. The van der Waals surface area contributed by atoms with Crippen LogP contribution < -0.4 is 5.32 Å². The van der Waals surface area contributed by atoms with Gasteiger partial charge in [-0.05, 0) is 17.7 Å². The first kappa shape index (κ1) is 18.3. The van der Waals surface area contributed by atoms with Crippen LogP contribution in [0.1, 0.15) is 16.1 Å². The van der Waals surface area contributed by atoms with Gasteiger partial charge >= 0.3 is 0 Å². The molecule has 4 rings (SSSR count). The number of amides is 1. The van der Waals surface area contributed by atoms with Crippen LogP contribution in [0.5, 0.6) is 0 Å². The minimum atomic E-state index is -0.397. The molecule has 0 bridgehead atoms. The molecule has 8 heteroatoms. The molecule has 0 fully saturated rings. The summed E-state index contributed by atoms with van der Waals surface area (Å²) in [5, 5.41) is 11.9. The molecule has 0 saturated heterocycles. The van der Waals surface area contributed by atoms with Crippen LogP contribution in [-0.2, 0) is 6.54 Å². The molecule has 2 aromatic heterocycles. The quantitative estimate of drug-likeness (QED) is 0.492. The second-order valence-electron chi connectivity index (χ2n) is 6.04. The van der Waals surface area contributed by atoms with E-state index in [1.165, 1.54) is 0 Å². The molecule has 0 atom stereocenters. The lowest BCUT2D eigenvalue weighted by molar-refractivity contribution is 0.101. The van der Waals surface area contributed by atoms with Crippen LogP contribution in [0.3, 0.4) is 0 Å². The topological polar surface area (TPSA) is 73.0 Å². The number of hydrogen-bond acceptors (Lipinski definition) is 4. The van der Waals surface area contributed by atoms with Crippen molar-refractivity contribution in [1.29, 1.82) is 0 Å². The SMILES string of the molecule is O=C(Nc1ccn(Cc2ccc(Cl)c(Cl)c2)n1)c1cc(-c2ccccc2)on1. The summed E-state index contributed by atoms with van der Waals surface area (Å²) in [6.45, 7) is 0.495. The van der Waals surface area contributed by atoms with Gasteiger partial charge < -0.3 is 9.84 Å². The predicted molar refractivity (Wildman–Crippen MR) is 108 cm³/mol. The number of aromatic nitrogens is 3. The fourth-order valence-electron chi connectivity index (χ4n) is 2.64. The van der Waals surface area contributed by atoms with E-state index in [4.69, 9.17) is 27.7 Å². The molecule has 6 nitrogen and oxygen atoms in total. The fourth-order valence-corrected chi connectivity index (χ4v) is 2.96. The Balaban J connectivity index is 1.43. The van der Waals surface area contributed by atoms with Crippen molar-refractivity contribution in [1.82, 2.24) is 14.9 Å². The van der Waals surface area contributed by atoms with Gasteiger partial charge in [0.05, 0.1) is 16.6 Å². The van der Waals surface area contributed by atoms with Crippen molar-refractivity contribution in [2.24, 2.45) is 0 Å². The molecule has 140 valence electrons. The summed E-state index contributed by atoms with van der Waals surface area (Å²) in [7, 11) is 0. The lowest BCUT2D eigenvalue weighted by atomic mass is 10.1. The lowest BCUT2D eigenvalue weighted by Crippen LogP contribution is -2.13. The summed E-state index contributed by atoms with van der Waals surface area (Å²) in [5.74, 6) is 0.538. The van der Waals surface area contributed by atoms with Crippen LogP contribution in [-0.4, -0.2) is 20.8 Å². The van der Waals surface area contributed by atoms with E-state index < -0.39 is 5.91 Å². The molecule has 2 aromatic carbocycles. The normalized spacial score (nSPS) is 10.8. The highest BCUT2D eigenvalue weighted by atomic mass is 35.5. The van der Waals surface area contributed by atoms with Crippen molar-refractivity contribution in [2.75, 3.05) is 5.32 Å². The van der Waals surface area contributed by atoms with Crippen molar-refractivity contribution < 1.29 is 9.32 Å². The average molecular weight is 413 g/mol. The van der Waals surface area contributed by atoms with Gasteiger partial charge in [0, 0.05) is 23.9 Å². The van der Waals surface area contributed by atoms with Gasteiger partial charge in [-0.3, -0.25) is 9.48 Å².